The lowest BCUT2D eigenvalue weighted by molar-refractivity contribution is -0.137. The summed E-state index contributed by atoms with van der Waals surface area (Å²) in [6.07, 6.45) is 2.01. The van der Waals surface area contributed by atoms with Crippen LogP contribution < -0.4 is 0 Å². The largest absolute Gasteiger partial charge is 0.396 e. The maximum absolute atomic E-state index is 11.4. The third kappa shape index (κ3) is 2.97. The molecule has 0 aromatic carbocycles. The van der Waals surface area contributed by atoms with E-state index in [0.717, 1.165) is 19.4 Å². The van der Waals surface area contributed by atoms with Crippen LogP contribution in [0.3, 0.4) is 0 Å². The first-order chi connectivity index (χ1) is 6.27. The van der Waals surface area contributed by atoms with Crippen LogP contribution in [0.2, 0.25) is 0 Å². The normalized spacial score (nSPS) is 23.2. The van der Waals surface area contributed by atoms with Gasteiger partial charge in [0.2, 0.25) is 5.91 Å². The Bertz CT molecular complexity index is 172. The fourth-order valence-corrected chi connectivity index (χ4v) is 1.66. The maximum Gasteiger partial charge on any atom is 0.248 e. The summed E-state index contributed by atoms with van der Waals surface area (Å²) in [6.45, 7) is 1.81. The van der Waals surface area contributed by atoms with Crippen molar-refractivity contribution >= 4 is 5.91 Å². The summed E-state index contributed by atoms with van der Waals surface area (Å²) in [5.41, 5.74) is 0. The van der Waals surface area contributed by atoms with Crippen LogP contribution in [-0.4, -0.2) is 49.3 Å². The second-order valence-electron chi connectivity index (χ2n) is 3.46. The van der Waals surface area contributed by atoms with Crippen molar-refractivity contribution in [1.82, 2.24) is 4.90 Å². The van der Waals surface area contributed by atoms with Crippen molar-refractivity contribution in [1.29, 1.82) is 0 Å². The van der Waals surface area contributed by atoms with Crippen LogP contribution in [0, 0.1) is 5.92 Å². The molecule has 0 aliphatic carbocycles. The lowest BCUT2D eigenvalue weighted by atomic mass is 9.99. The van der Waals surface area contributed by atoms with E-state index in [1.54, 1.807) is 4.90 Å². The third-order valence-corrected chi connectivity index (χ3v) is 2.40. The van der Waals surface area contributed by atoms with Crippen LogP contribution >= 0.6 is 0 Å². The summed E-state index contributed by atoms with van der Waals surface area (Å²) in [7, 11) is 1.52. The molecular formula is C9H17NO3. The van der Waals surface area contributed by atoms with Gasteiger partial charge in [-0.1, -0.05) is 0 Å². The Balaban J connectivity index is 2.37. The zero-order valence-corrected chi connectivity index (χ0v) is 8.03. The van der Waals surface area contributed by atoms with Gasteiger partial charge in [0.05, 0.1) is 0 Å². The molecule has 0 bridgehead atoms. The van der Waals surface area contributed by atoms with Gasteiger partial charge in [-0.25, -0.2) is 0 Å². The van der Waals surface area contributed by atoms with Gasteiger partial charge in [0.25, 0.3) is 0 Å². The highest BCUT2D eigenvalue weighted by Gasteiger charge is 2.22. The highest BCUT2D eigenvalue weighted by molar-refractivity contribution is 5.77. The standard InChI is InChI=1S/C9H17NO3/c1-13-7-9(12)10-4-2-3-8(5-10)6-11/h8,11H,2-7H2,1H3/t8-/m0/s1. The number of hydrogen-bond acceptors (Lipinski definition) is 3. The number of amides is 1. The minimum Gasteiger partial charge on any atom is -0.396 e. The molecule has 0 spiro atoms. The quantitative estimate of drug-likeness (QED) is 0.669. The van der Waals surface area contributed by atoms with Crippen molar-refractivity contribution in [3.05, 3.63) is 0 Å². The molecule has 0 saturated carbocycles. The molecule has 1 amide bonds. The Morgan fingerprint density at radius 1 is 1.69 bits per heavy atom. The number of rotatable bonds is 3. The number of aliphatic hydroxyl groups is 1. The zero-order valence-electron chi connectivity index (χ0n) is 8.03. The number of hydrogen-bond donors (Lipinski definition) is 1. The van der Waals surface area contributed by atoms with Crippen LogP contribution in [0.15, 0.2) is 0 Å². The molecule has 1 fully saturated rings. The molecule has 4 nitrogen and oxygen atoms in total. The maximum atomic E-state index is 11.4. The molecule has 0 unspecified atom stereocenters. The first-order valence-corrected chi connectivity index (χ1v) is 4.65. The molecule has 1 aliphatic heterocycles. The van der Waals surface area contributed by atoms with Crippen molar-refractivity contribution in [2.24, 2.45) is 5.92 Å². The van der Waals surface area contributed by atoms with E-state index in [1.807, 2.05) is 0 Å². The Labute approximate surface area is 78.5 Å². The van der Waals surface area contributed by atoms with E-state index in [4.69, 9.17) is 9.84 Å². The molecular weight excluding hydrogens is 170 g/mol. The molecule has 1 aliphatic rings. The predicted molar refractivity (Wildman–Crippen MR) is 48.3 cm³/mol. The SMILES string of the molecule is COCC(=O)N1CCC[C@H](CO)C1. The van der Waals surface area contributed by atoms with E-state index in [1.165, 1.54) is 7.11 Å². The summed E-state index contributed by atoms with van der Waals surface area (Å²) in [4.78, 5) is 13.2. The van der Waals surface area contributed by atoms with Crippen LogP contribution in [0.4, 0.5) is 0 Å². The van der Waals surface area contributed by atoms with E-state index in [2.05, 4.69) is 0 Å². The minimum atomic E-state index is 0.0284. The molecule has 13 heavy (non-hydrogen) atoms. The Kier molecular flexibility index (Phi) is 4.18. The van der Waals surface area contributed by atoms with Crippen LogP contribution in [-0.2, 0) is 9.53 Å². The zero-order chi connectivity index (χ0) is 9.68. The van der Waals surface area contributed by atoms with Gasteiger partial charge in [0.15, 0.2) is 0 Å². The number of aliphatic hydroxyl groups excluding tert-OH is 1. The Morgan fingerprint density at radius 3 is 3.08 bits per heavy atom. The van der Waals surface area contributed by atoms with Crippen LogP contribution in [0.25, 0.3) is 0 Å². The molecule has 1 heterocycles. The van der Waals surface area contributed by atoms with E-state index in [-0.39, 0.29) is 25.0 Å². The molecule has 1 atom stereocenters. The monoisotopic (exact) mass is 187 g/mol. The fraction of sp³-hybridized carbons (Fsp3) is 0.889. The summed E-state index contributed by atoms with van der Waals surface area (Å²) < 4.78 is 4.77. The van der Waals surface area contributed by atoms with Crippen molar-refractivity contribution in [2.75, 3.05) is 33.4 Å². The van der Waals surface area contributed by atoms with Gasteiger partial charge < -0.3 is 14.7 Å². The number of piperidine rings is 1. The fourth-order valence-electron chi connectivity index (χ4n) is 1.66. The molecule has 0 aromatic rings. The molecule has 1 saturated heterocycles. The molecule has 1 rings (SSSR count). The second kappa shape index (κ2) is 5.19. The summed E-state index contributed by atoms with van der Waals surface area (Å²) >= 11 is 0. The summed E-state index contributed by atoms with van der Waals surface area (Å²) in [5.74, 6) is 0.287. The average molecular weight is 187 g/mol. The second-order valence-corrected chi connectivity index (χ2v) is 3.46. The van der Waals surface area contributed by atoms with E-state index in [0.29, 0.717) is 6.54 Å². The van der Waals surface area contributed by atoms with Gasteiger partial charge in [-0.15, -0.1) is 0 Å². The van der Waals surface area contributed by atoms with Crippen molar-refractivity contribution in [3.8, 4) is 0 Å². The van der Waals surface area contributed by atoms with Gasteiger partial charge in [0.1, 0.15) is 6.61 Å². The van der Waals surface area contributed by atoms with Gasteiger partial charge in [-0.2, -0.15) is 0 Å². The molecule has 0 aromatic heterocycles. The molecule has 0 radical (unpaired) electrons. The summed E-state index contributed by atoms with van der Waals surface area (Å²) in [6, 6.07) is 0. The predicted octanol–water partition coefficient (Wildman–Crippen LogP) is -0.136. The van der Waals surface area contributed by atoms with Gasteiger partial charge in [-0.3, -0.25) is 4.79 Å². The highest BCUT2D eigenvalue weighted by atomic mass is 16.5. The number of methoxy groups -OCH3 is 1. The smallest absolute Gasteiger partial charge is 0.248 e. The molecule has 76 valence electrons. The Morgan fingerprint density at radius 2 is 2.46 bits per heavy atom. The first kappa shape index (κ1) is 10.5. The number of carbonyl (C=O) groups is 1. The van der Waals surface area contributed by atoms with Crippen molar-refractivity contribution in [3.63, 3.8) is 0 Å². The Hall–Kier alpha value is -0.610. The van der Waals surface area contributed by atoms with Crippen molar-refractivity contribution < 1.29 is 14.6 Å². The third-order valence-electron chi connectivity index (χ3n) is 2.40. The van der Waals surface area contributed by atoms with E-state index >= 15 is 0 Å². The number of nitrogens with zero attached hydrogens (tertiary/aromatic N) is 1. The van der Waals surface area contributed by atoms with Gasteiger partial charge >= 0.3 is 0 Å². The van der Waals surface area contributed by atoms with E-state index in [9.17, 15) is 4.79 Å². The topological polar surface area (TPSA) is 49.8 Å². The first-order valence-electron chi connectivity index (χ1n) is 4.65. The number of ether oxygens (including phenoxy) is 1. The van der Waals surface area contributed by atoms with Gasteiger partial charge in [0, 0.05) is 26.8 Å². The number of carbonyl (C=O) groups excluding carboxylic acids is 1. The summed E-state index contributed by atoms with van der Waals surface area (Å²) in [5, 5.41) is 8.95. The van der Waals surface area contributed by atoms with Crippen LogP contribution in [0.5, 0.6) is 0 Å². The molecule has 4 heteroatoms. The van der Waals surface area contributed by atoms with Crippen LogP contribution in [0.1, 0.15) is 12.8 Å². The molecule has 1 N–H and O–H groups in total. The van der Waals surface area contributed by atoms with E-state index < -0.39 is 0 Å². The lowest BCUT2D eigenvalue weighted by Crippen LogP contribution is -2.42. The lowest BCUT2D eigenvalue weighted by Gasteiger charge is -2.31. The number of likely N-dealkylation sites (tertiary alicyclic amines) is 1. The van der Waals surface area contributed by atoms with Crippen molar-refractivity contribution in [2.45, 2.75) is 12.8 Å². The average Bonchev–Trinajstić information content (AvgIpc) is 2.18. The van der Waals surface area contributed by atoms with Gasteiger partial charge in [-0.05, 0) is 18.8 Å². The highest BCUT2D eigenvalue weighted by Crippen LogP contribution is 2.15. The minimum absolute atomic E-state index is 0.0284.